The second-order valence-electron chi connectivity index (χ2n) is 11.1. The lowest BCUT2D eigenvalue weighted by molar-refractivity contribution is -0.137. The highest BCUT2D eigenvalue weighted by molar-refractivity contribution is 6.15. The SMILES string of the molecule is C=C/C=C\C(=C/C)CC1N=C(C2=CN(Cc3ccc(C(F)(F)F)cc3)c3cc(N4CCCNCC4)c(F)cc3/C2=C\CC)NO1. The van der Waals surface area contributed by atoms with E-state index >= 15 is 4.39 Å². The number of halogens is 4. The highest BCUT2D eigenvalue weighted by Crippen LogP contribution is 2.43. The molecular formula is C35H39F4N5O. The Morgan fingerprint density at radius 2 is 1.93 bits per heavy atom. The Bertz CT molecular complexity index is 1530. The minimum atomic E-state index is -4.42. The molecule has 1 fully saturated rings. The third-order valence-electron chi connectivity index (χ3n) is 8.01. The van der Waals surface area contributed by atoms with Crippen molar-refractivity contribution < 1.29 is 22.4 Å². The second kappa shape index (κ2) is 14.3. The number of hydroxylamine groups is 1. The number of rotatable bonds is 9. The number of hydrogen-bond donors (Lipinski definition) is 2. The van der Waals surface area contributed by atoms with Gasteiger partial charge in [0.2, 0.25) is 0 Å². The summed E-state index contributed by atoms with van der Waals surface area (Å²) >= 11 is 0. The number of allylic oxidation sites excluding steroid dienone is 5. The number of nitrogens with one attached hydrogen (secondary N) is 2. The van der Waals surface area contributed by atoms with Crippen molar-refractivity contribution in [3.8, 4) is 0 Å². The molecule has 2 N–H and O–H groups in total. The van der Waals surface area contributed by atoms with Crippen molar-refractivity contribution in [1.82, 2.24) is 10.8 Å². The Balaban J connectivity index is 1.56. The molecule has 1 saturated heterocycles. The maximum Gasteiger partial charge on any atom is 0.416 e. The molecule has 1 unspecified atom stereocenters. The topological polar surface area (TPSA) is 52.1 Å². The molecule has 2 aromatic carbocycles. The van der Waals surface area contributed by atoms with E-state index in [1.165, 1.54) is 12.1 Å². The highest BCUT2D eigenvalue weighted by Gasteiger charge is 2.32. The monoisotopic (exact) mass is 621 g/mol. The lowest BCUT2D eigenvalue weighted by Crippen LogP contribution is -2.31. The Morgan fingerprint density at radius 1 is 1.13 bits per heavy atom. The zero-order valence-corrected chi connectivity index (χ0v) is 25.6. The lowest BCUT2D eigenvalue weighted by atomic mass is 9.90. The number of amidine groups is 1. The third-order valence-corrected chi connectivity index (χ3v) is 8.01. The van der Waals surface area contributed by atoms with Crippen LogP contribution < -0.4 is 20.6 Å². The summed E-state index contributed by atoms with van der Waals surface area (Å²) < 4.78 is 55.8. The van der Waals surface area contributed by atoms with Crippen LogP contribution in [0.15, 0.2) is 95.7 Å². The first kappa shape index (κ1) is 32.2. The smallest absolute Gasteiger partial charge is 0.368 e. The van der Waals surface area contributed by atoms with Crippen LogP contribution in [-0.4, -0.2) is 38.2 Å². The van der Waals surface area contributed by atoms with Crippen molar-refractivity contribution in [3.05, 3.63) is 113 Å². The highest BCUT2D eigenvalue weighted by atomic mass is 19.4. The molecule has 2 aromatic rings. The van der Waals surface area contributed by atoms with E-state index in [9.17, 15) is 13.2 Å². The first-order valence-corrected chi connectivity index (χ1v) is 15.3. The van der Waals surface area contributed by atoms with E-state index in [4.69, 9.17) is 9.83 Å². The van der Waals surface area contributed by atoms with Crippen LogP contribution in [-0.2, 0) is 17.6 Å². The lowest BCUT2D eigenvalue weighted by Gasteiger charge is -2.33. The molecule has 0 spiro atoms. The summed E-state index contributed by atoms with van der Waals surface area (Å²) in [6.07, 6.45) is 8.69. The number of hydrogen-bond acceptors (Lipinski definition) is 6. The fourth-order valence-electron chi connectivity index (χ4n) is 5.72. The van der Waals surface area contributed by atoms with Crippen molar-refractivity contribution >= 4 is 22.8 Å². The predicted molar refractivity (Wildman–Crippen MR) is 173 cm³/mol. The molecule has 10 heteroatoms. The van der Waals surface area contributed by atoms with E-state index in [0.717, 1.165) is 55.0 Å². The van der Waals surface area contributed by atoms with E-state index in [1.54, 1.807) is 12.1 Å². The summed E-state index contributed by atoms with van der Waals surface area (Å²) in [5, 5.41) is 3.36. The molecule has 0 radical (unpaired) electrons. The molecule has 3 aliphatic rings. The van der Waals surface area contributed by atoms with Crippen molar-refractivity contribution in [3.63, 3.8) is 0 Å². The van der Waals surface area contributed by atoms with Gasteiger partial charge in [-0.1, -0.05) is 56.0 Å². The molecule has 3 heterocycles. The Hall–Kier alpha value is -4.15. The van der Waals surface area contributed by atoms with Crippen LogP contribution in [0.1, 0.15) is 49.8 Å². The molecule has 0 aliphatic carbocycles. The molecule has 0 bridgehead atoms. The van der Waals surface area contributed by atoms with Crippen LogP contribution in [0.5, 0.6) is 0 Å². The van der Waals surface area contributed by atoms with Gasteiger partial charge in [-0.3, -0.25) is 0 Å². The Morgan fingerprint density at radius 3 is 2.64 bits per heavy atom. The van der Waals surface area contributed by atoms with Gasteiger partial charge in [-0.15, -0.1) is 0 Å². The van der Waals surface area contributed by atoms with E-state index < -0.39 is 18.0 Å². The van der Waals surface area contributed by atoms with E-state index in [2.05, 4.69) is 22.3 Å². The summed E-state index contributed by atoms with van der Waals surface area (Å²) in [7, 11) is 0. The van der Waals surface area contributed by atoms with Gasteiger partial charge in [-0.05, 0) is 67.3 Å². The summed E-state index contributed by atoms with van der Waals surface area (Å²) in [5.41, 5.74) is 7.48. The normalized spacial score (nSPS) is 20.2. The van der Waals surface area contributed by atoms with Crippen LogP contribution in [0.2, 0.25) is 0 Å². The first-order valence-electron chi connectivity index (χ1n) is 15.3. The molecule has 5 rings (SSSR count). The number of alkyl halides is 3. The fraction of sp³-hybridized carbons (Fsp3) is 0.343. The molecular weight excluding hydrogens is 582 g/mol. The molecule has 0 aromatic heterocycles. The molecule has 238 valence electrons. The largest absolute Gasteiger partial charge is 0.416 e. The average molecular weight is 622 g/mol. The van der Waals surface area contributed by atoms with Gasteiger partial charge in [0.05, 0.1) is 16.9 Å². The van der Waals surface area contributed by atoms with Gasteiger partial charge in [-0.25, -0.2) is 19.7 Å². The molecule has 0 amide bonds. The van der Waals surface area contributed by atoms with E-state index in [-0.39, 0.29) is 12.4 Å². The fourth-order valence-corrected chi connectivity index (χ4v) is 5.72. The van der Waals surface area contributed by atoms with Crippen molar-refractivity contribution in [1.29, 1.82) is 0 Å². The van der Waals surface area contributed by atoms with Gasteiger partial charge in [0.25, 0.3) is 0 Å². The van der Waals surface area contributed by atoms with Gasteiger partial charge in [-0.2, -0.15) is 13.2 Å². The van der Waals surface area contributed by atoms with Gasteiger partial charge >= 0.3 is 6.18 Å². The van der Waals surface area contributed by atoms with Crippen molar-refractivity contribution in [2.75, 3.05) is 36.0 Å². The summed E-state index contributed by atoms with van der Waals surface area (Å²) in [5.74, 6) is 0.185. The number of anilines is 2. The maximum atomic E-state index is 15.9. The van der Waals surface area contributed by atoms with Crippen LogP contribution in [0, 0.1) is 5.82 Å². The molecule has 3 aliphatic heterocycles. The molecule has 45 heavy (non-hydrogen) atoms. The standard InChI is InChI=1S/C35H39F4N5O/c1-4-7-10-24(6-3)19-33-41-34(42-45-33)29-23-44(22-25-11-13-26(14-12-25)35(37,38)39)31-21-32(43-17-8-15-40-16-18-43)30(36)20-28(31)27(29)9-5-2/h4,6-7,9-14,20-21,23,33,40H,1,5,8,15-19,22H2,2-3H3,(H,41,42)/b10-7-,24-6+,27-9+. The van der Waals surface area contributed by atoms with Gasteiger partial charge < -0.3 is 15.1 Å². The van der Waals surface area contributed by atoms with Crippen LogP contribution in [0.4, 0.5) is 28.9 Å². The quantitative estimate of drug-likeness (QED) is 0.222. The summed E-state index contributed by atoms with van der Waals surface area (Å²) in [6, 6.07) is 8.59. The number of nitrogens with zero attached hydrogens (tertiary/aromatic N) is 3. The Labute approximate surface area is 262 Å². The molecule has 0 saturated carbocycles. The number of aliphatic imine (C=N–C) groups is 1. The zero-order valence-electron chi connectivity index (χ0n) is 25.6. The first-order chi connectivity index (χ1) is 21.7. The van der Waals surface area contributed by atoms with Crippen LogP contribution in [0.3, 0.4) is 0 Å². The molecule has 6 nitrogen and oxygen atoms in total. The molecule has 1 atom stereocenters. The minimum absolute atomic E-state index is 0.271. The Kier molecular flexibility index (Phi) is 10.2. The number of benzene rings is 2. The van der Waals surface area contributed by atoms with Gasteiger partial charge in [0, 0.05) is 49.9 Å². The minimum Gasteiger partial charge on any atom is -0.368 e. The van der Waals surface area contributed by atoms with Crippen molar-refractivity contribution in [2.24, 2.45) is 4.99 Å². The maximum absolute atomic E-state index is 15.9. The second-order valence-corrected chi connectivity index (χ2v) is 11.1. The van der Waals surface area contributed by atoms with Crippen molar-refractivity contribution in [2.45, 2.75) is 52.1 Å². The van der Waals surface area contributed by atoms with E-state index in [0.29, 0.717) is 47.6 Å². The van der Waals surface area contributed by atoms with Gasteiger partial charge in [0.15, 0.2) is 12.1 Å². The number of fused-ring (bicyclic) bond motifs is 1. The predicted octanol–water partition coefficient (Wildman–Crippen LogP) is 7.68. The van der Waals surface area contributed by atoms with Crippen LogP contribution >= 0.6 is 0 Å². The summed E-state index contributed by atoms with van der Waals surface area (Å²) in [4.78, 5) is 14.7. The van der Waals surface area contributed by atoms with E-state index in [1.807, 2.05) is 55.3 Å². The average Bonchev–Trinajstić information content (AvgIpc) is 3.31. The summed E-state index contributed by atoms with van der Waals surface area (Å²) in [6.45, 7) is 11.0. The van der Waals surface area contributed by atoms with Crippen LogP contribution in [0.25, 0.3) is 5.57 Å². The zero-order chi connectivity index (χ0) is 32.0. The van der Waals surface area contributed by atoms with Gasteiger partial charge in [0.1, 0.15) is 5.82 Å². The third kappa shape index (κ3) is 7.57.